The molecule has 2 rings (SSSR count). The average molecular weight is 291 g/mol. The lowest BCUT2D eigenvalue weighted by Gasteiger charge is -2.23. The molecular formula is C12H16F3N3S. The van der Waals surface area contributed by atoms with Gasteiger partial charge in [-0.3, -0.25) is 0 Å². The molecule has 19 heavy (non-hydrogen) atoms. The van der Waals surface area contributed by atoms with Crippen LogP contribution < -0.4 is 4.90 Å². The van der Waals surface area contributed by atoms with Gasteiger partial charge < -0.3 is 4.90 Å². The molecule has 1 aliphatic rings. The van der Waals surface area contributed by atoms with Crippen LogP contribution in [-0.2, 0) is 6.18 Å². The van der Waals surface area contributed by atoms with Crippen LogP contribution in [0.3, 0.4) is 0 Å². The molecule has 7 heteroatoms. The lowest BCUT2D eigenvalue weighted by atomic mass is 10.2. The summed E-state index contributed by atoms with van der Waals surface area (Å²) in [5, 5.41) is 0.431. The molecule has 1 saturated heterocycles. The number of halogens is 3. The molecule has 1 aliphatic heterocycles. The van der Waals surface area contributed by atoms with E-state index < -0.39 is 11.9 Å². The number of anilines is 1. The molecule has 0 spiro atoms. The number of aromatic nitrogens is 2. The second-order valence-corrected chi connectivity index (χ2v) is 5.68. The molecule has 1 aromatic rings. The molecule has 0 aliphatic carbocycles. The van der Waals surface area contributed by atoms with E-state index in [1.54, 1.807) is 11.8 Å². The van der Waals surface area contributed by atoms with Crippen molar-refractivity contribution >= 4 is 17.7 Å². The molecule has 0 radical (unpaired) electrons. The Balaban J connectivity index is 2.20. The largest absolute Gasteiger partial charge is 0.433 e. The predicted molar refractivity (Wildman–Crippen MR) is 70.4 cm³/mol. The number of rotatable bonds is 2. The first-order valence-corrected chi connectivity index (χ1v) is 7.47. The molecule has 1 fully saturated rings. The number of thioether (sulfide) groups is 1. The molecule has 0 unspecified atom stereocenters. The molecule has 0 aromatic carbocycles. The molecule has 0 bridgehead atoms. The maximum atomic E-state index is 12.6. The topological polar surface area (TPSA) is 29.0 Å². The summed E-state index contributed by atoms with van der Waals surface area (Å²) in [6, 6.07) is 0.910. The highest BCUT2D eigenvalue weighted by Crippen LogP contribution is 2.29. The standard InChI is InChI=1S/C12H16F3N3S/c1-19-9-4-2-3-7-18(8-9)11-16-6-5-10(17-11)12(13,14)15/h5-6,9H,2-4,7-8H2,1H3/t9-/m0/s1. The van der Waals surface area contributed by atoms with Gasteiger partial charge in [0.05, 0.1) is 0 Å². The van der Waals surface area contributed by atoms with Gasteiger partial charge in [0.15, 0.2) is 0 Å². The second-order valence-electron chi connectivity index (χ2n) is 4.54. The fourth-order valence-electron chi connectivity index (χ4n) is 2.14. The SMILES string of the molecule is CS[C@H]1CCCCN(c2nccc(C(F)(F)F)n2)C1. The van der Waals surface area contributed by atoms with Crippen LogP contribution in [0.4, 0.5) is 19.1 Å². The summed E-state index contributed by atoms with van der Waals surface area (Å²) >= 11 is 1.75. The van der Waals surface area contributed by atoms with E-state index in [1.165, 1.54) is 6.20 Å². The van der Waals surface area contributed by atoms with Crippen molar-refractivity contribution in [1.29, 1.82) is 0 Å². The summed E-state index contributed by atoms with van der Waals surface area (Å²) in [5.74, 6) is 0.191. The lowest BCUT2D eigenvalue weighted by molar-refractivity contribution is -0.141. The summed E-state index contributed by atoms with van der Waals surface area (Å²) in [6.45, 7) is 1.43. The normalized spacial score (nSPS) is 21.3. The third-order valence-electron chi connectivity index (χ3n) is 3.18. The minimum atomic E-state index is -4.41. The van der Waals surface area contributed by atoms with Gasteiger partial charge in [-0.25, -0.2) is 9.97 Å². The minimum Gasteiger partial charge on any atom is -0.340 e. The van der Waals surface area contributed by atoms with Crippen molar-refractivity contribution in [2.24, 2.45) is 0 Å². The van der Waals surface area contributed by atoms with Gasteiger partial charge in [0.2, 0.25) is 5.95 Å². The monoisotopic (exact) mass is 291 g/mol. The van der Waals surface area contributed by atoms with Crippen LogP contribution in [0.5, 0.6) is 0 Å². The van der Waals surface area contributed by atoms with Crippen LogP contribution in [0.25, 0.3) is 0 Å². The Hall–Kier alpha value is -0.980. The van der Waals surface area contributed by atoms with Crippen molar-refractivity contribution in [3.8, 4) is 0 Å². The number of hydrogen-bond acceptors (Lipinski definition) is 4. The zero-order valence-corrected chi connectivity index (χ0v) is 11.5. The molecule has 0 saturated carbocycles. The third kappa shape index (κ3) is 3.75. The highest BCUT2D eigenvalue weighted by molar-refractivity contribution is 7.99. The predicted octanol–water partition coefficient (Wildman–Crippen LogP) is 3.22. The number of nitrogens with zero attached hydrogens (tertiary/aromatic N) is 3. The fraction of sp³-hybridized carbons (Fsp3) is 0.667. The summed E-state index contributed by atoms with van der Waals surface area (Å²) in [5.41, 5.74) is -0.873. The summed E-state index contributed by atoms with van der Waals surface area (Å²) in [6.07, 6.45) is 1.96. The van der Waals surface area contributed by atoms with Crippen LogP contribution >= 0.6 is 11.8 Å². The molecule has 3 nitrogen and oxygen atoms in total. The molecule has 1 aromatic heterocycles. The Morgan fingerprint density at radius 1 is 1.37 bits per heavy atom. The minimum absolute atomic E-state index is 0.191. The Kier molecular flexibility index (Phi) is 4.54. The van der Waals surface area contributed by atoms with E-state index in [0.29, 0.717) is 11.8 Å². The van der Waals surface area contributed by atoms with E-state index >= 15 is 0 Å². The zero-order chi connectivity index (χ0) is 13.9. The van der Waals surface area contributed by atoms with E-state index in [1.807, 2.05) is 11.2 Å². The maximum Gasteiger partial charge on any atom is 0.433 e. The van der Waals surface area contributed by atoms with Crippen molar-refractivity contribution in [3.05, 3.63) is 18.0 Å². The summed E-state index contributed by atoms with van der Waals surface area (Å²) in [4.78, 5) is 9.52. The van der Waals surface area contributed by atoms with E-state index in [0.717, 1.165) is 31.9 Å². The van der Waals surface area contributed by atoms with E-state index in [4.69, 9.17) is 0 Å². The first kappa shape index (κ1) is 14.4. The Morgan fingerprint density at radius 2 is 2.16 bits per heavy atom. The van der Waals surface area contributed by atoms with Crippen molar-refractivity contribution < 1.29 is 13.2 Å². The molecule has 2 heterocycles. The Labute approximate surface area is 114 Å². The van der Waals surface area contributed by atoms with Crippen molar-refractivity contribution in [1.82, 2.24) is 9.97 Å². The van der Waals surface area contributed by atoms with Crippen molar-refractivity contribution in [2.45, 2.75) is 30.7 Å². The van der Waals surface area contributed by atoms with Crippen molar-refractivity contribution in [3.63, 3.8) is 0 Å². The second kappa shape index (κ2) is 5.98. The van der Waals surface area contributed by atoms with E-state index in [2.05, 4.69) is 9.97 Å². The Morgan fingerprint density at radius 3 is 2.84 bits per heavy atom. The number of hydrogen-bond donors (Lipinski definition) is 0. The quantitative estimate of drug-likeness (QED) is 0.836. The van der Waals surface area contributed by atoms with Gasteiger partial charge in [-0.2, -0.15) is 24.9 Å². The van der Waals surface area contributed by atoms with Gasteiger partial charge in [0, 0.05) is 24.5 Å². The molecule has 0 N–H and O–H groups in total. The van der Waals surface area contributed by atoms with Crippen LogP contribution in [-0.4, -0.2) is 34.6 Å². The third-order valence-corrected chi connectivity index (χ3v) is 4.23. The van der Waals surface area contributed by atoms with Crippen LogP contribution in [0.1, 0.15) is 25.0 Å². The first-order chi connectivity index (χ1) is 9.00. The molecule has 0 amide bonds. The maximum absolute atomic E-state index is 12.6. The average Bonchev–Trinajstić information content (AvgIpc) is 2.63. The van der Waals surface area contributed by atoms with Gasteiger partial charge >= 0.3 is 6.18 Å². The van der Waals surface area contributed by atoms with Crippen molar-refractivity contribution in [2.75, 3.05) is 24.2 Å². The zero-order valence-electron chi connectivity index (χ0n) is 10.7. The Bertz CT molecular complexity index is 425. The van der Waals surface area contributed by atoms with E-state index in [9.17, 15) is 13.2 Å². The molecule has 1 atom stereocenters. The van der Waals surface area contributed by atoms with Gasteiger partial charge in [-0.05, 0) is 25.2 Å². The van der Waals surface area contributed by atoms with Gasteiger partial charge in [-0.1, -0.05) is 6.42 Å². The van der Waals surface area contributed by atoms with Gasteiger partial charge in [-0.15, -0.1) is 0 Å². The van der Waals surface area contributed by atoms with Crippen LogP contribution in [0, 0.1) is 0 Å². The summed E-state index contributed by atoms with van der Waals surface area (Å²) < 4.78 is 37.9. The van der Waals surface area contributed by atoms with Gasteiger partial charge in [0.25, 0.3) is 0 Å². The highest BCUT2D eigenvalue weighted by Gasteiger charge is 2.33. The van der Waals surface area contributed by atoms with Crippen LogP contribution in [0.15, 0.2) is 12.3 Å². The first-order valence-electron chi connectivity index (χ1n) is 6.18. The van der Waals surface area contributed by atoms with Gasteiger partial charge in [0.1, 0.15) is 5.69 Å². The molecular weight excluding hydrogens is 275 g/mol. The van der Waals surface area contributed by atoms with E-state index in [-0.39, 0.29) is 5.95 Å². The highest BCUT2D eigenvalue weighted by atomic mass is 32.2. The molecule has 106 valence electrons. The number of alkyl halides is 3. The smallest absolute Gasteiger partial charge is 0.340 e. The summed E-state index contributed by atoms with van der Waals surface area (Å²) in [7, 11) is 0. The fourth-order valence-corrected chi connectivity index (χ4v) is 2.87. The van der Waals surface area contributed by atoms with Crippen LogP contribution in [0.2, 0.25) is 0 Å². The lowest BCUT2D eigenvalue weighted by Crippen LogP contribution is -2.31.